The number of furan rings is 2. The number of carbonyl (C=O) groups excluding carboxylic acids is 1. The van der Waals surface area contributed by atoms with Crippen LogP contribution in [0.15, 0.2) is 62.7 Å². The van der Waals surface area contributed by atoms with Crippen LogP contribution in [0.1, 0.15) is 16.3 Å². The van der Waals surface area contributed by atoms with Gasteiger partial charge in [0.2, 0.25) is 0 Å². The molecule has 9 heteroatoms. The van der Waals surface area contributed by atoms with E-state index in [0.29, 0.717) is 22.8 Å². The lowest BCUT2D eigenvalue weighted by Crippen LogP contribution is -2.16. The molecule has 0 unspecified atom stereocenters. The number of benzene rings is 1. The number of hydrogen-bond acceptors (Lipinski definition) is 7. The summed E-state index contributed by atoms with van der Waals surface area (Å²) in [7, 11) is 1.46. The third-order valence-electron chi connectivity index (χ3n) is 3.39. The molecular formula is C17H13N3O6. The van der Waals surface area contributed by atoms with Crippen molar-refractivity contribution in [1.82, 2.24) is 5.43 Å². The van der Waals surface area contributed by atoms with Crippen LogP contribution in [0.5, 0.6) is 5.75 Å². The quantitative estimate of drug-likeness (QED) is 0.412. The van der Waals surface area contributed by atoms with Crippen LogP contribution in [-0.4, -0.2) is 24.2 Å². The molecule has 3 rings (SSSR count). The Labute approximate surface area is 147 Å². The molecule has 0 bridgehead atoms. The van der Waals surface area contributed by atoms with Gasteiger partial charge in [-0.1, -0.05) is 0 Å². The van der Waals surface area contributed by atoms with Gasteiger partial charge in [-0.3, -0.25) is 14.9 Å². The SMILES string of the molecule is COc1ccc([N+](=O)[O-])cc1-c1ccc(/C=N\NC(=O)c2ccco2)o1. The number of hydrogen-bond donors (Lipinski definition) is 1. The first-order chi connectivity index (χ1) is 12.6. The van der Waals surface area contributed by atoms with E-state index in [2.05, 4.69) is 10.5 Å². The maximum Gasteiger partial charge on any atom is 0.307 e. The van der Waals surface area contributed by atoms with E-state index in [0.717, 1.165) is 0 Å². The predicted octanol–water partition coefficient (Wildman–Crippen LogP) is 3.22. The third-order valence-corrected chi connectivity index (χ3v) is 3.39. The summed E-state index contributed by atoms with van der Waals surface area (Å²) in [4.78, 5) is 22.1. The highest BCUT2D eigenvalue weighted by Crippen LogP contribution is 2.34. The molecule has 9 nitrogen and oxygen atoms in total. The summed E-state index contributed by atoms with van der Waals surface area (Å²) in [6.45, 7) is 0. The molecule has 0 atom stereocenters. The fourth-order valence-corrected chi connectivity index (χ4v) is 2.19. The van der Waals surface area contributed by atoms with Gasteiger partial charge in [0.15, 0.2) is 5.76 Å². The summed E-state index contributed by atoms with van der Waals surface area (Å²) < 4.78 is 15.7. The largest absolute Gasteiger partial charge is 0.496 e. The number of nitrogens with one attached hydrogen (secondary N) is 1. The van der Waals surface area contributed by atoms with Gasteiger partial charge in [-0.25, -0.2) is 5.43 Å². The van der Waals surface area contributed by atoms with E-state index in [1.807, 2.05) is 0 Å². The Balaban J connectivity index is 1.77. The number of hydrazone groups is 1. The van der Waals surface area contributed by atoms with E-state index in [1.165, 1.54) is 43.9 Å². The van der Waals surface area contributed by atoms with Crippen molar-refractivity contribution in [1.29, 1.82) is 0 Å². The molecule has 132 valence electrons. The molecule has 0 saturated heterocycles. The normalized spacial score (nSPS) is 10.8. The first-order valence-corrected chi connectivity index (χ1v) is 7.38. The zero-order chi connectivity index (χ0) is 18.5. The van der Waals surface area contributed by atoms with Crippen LogP contribution in [0.3, 0.4) is 0 Å². The van der Waals surface area contributed by atoms with E-state index in [9.17, 15) is 14.9 Å². The number of carbonyl (C=O) groups is 1. The van der Waals surface area contributed by atoms with Gasteiger partial charge >= 0.3 is 5.91 Å². The lowest BCUT2D eigenvalue weighted by atomic mass is 10.1. The standard InChI is InChI=1S/C17H13N3O6/c1-24-14-6-4-11(20(22)23)9-13(14)15-7-5-12(26-15)10-18-19-17(21)16-3-2-8-25-16/h2-10H,1H3,(H,19,21)/b18-10-. The van der Waals surface area contributed by atoms with Crippen LogP contribution in [0, 0.1) is 10.1 Å². The highest BCUT2D eigenvalue weighted by Gasteiger charge is 2.15. The molecule has 0 spiro atoms. The molecule has 0 radical (unpaired) electrons. The van der Waals surface area contributed by atoms with E-state index in [4.69, 9.17) is 13.6 Å². The minimum Gasteiger partial charge on any atom is -0.496 e. The van der Waals surface area contributed by atoms with Crippen LogP contribution in [0.25, 0.3) is 11.3 Å². The van der Waals surface area contributed by atoms with E-state index < -0.39 is 10.8 Å². The van der Waals surface area contributed by atoms with E-state index >= 15 is 0 Å². The Hall–Kier alpha value is -3.88. The van der Waals surface area contributed by atoms with Crippen LogP contribution in [0.4, 0.5) is 5.69 Å². The van der Waals surface area contributed by atoms with Gasteiger partial charge in [0.25, 0.3) is 5.69 Å². The molecule has 0 aliphatic heterocycles. The second-order valence-corrected chi connectivity index (χ2v) is 5.02. The molecule has 1 N–H and O–H groups in total. The van der Waals surface area contributed by atoms with Crippen LogP contribution in [0.2, 0.25) is 0 Å². The van der Waals surface area contributed by atoms with Crippen molar-refractivity contribution < 1.29 is 23.3 Å². The van der Waals surface area contributed by atoms with Gasteiger partial charge < -0.3 is 13.6 Å². The van der Waals surface area contributed by atoms with Crippen LogP contribution < -0.4 is 10.2 Å². The van der Waals surface area contributed by atoms with Crippen molar-refractivity contribution in [3.05, 3.63) is 70.4 Å². The Morgan fingerprint density at radius 3 is 2.85 bits per heavy atom. The van der Waals surface area contributed by atoms with Crippen molar-refractivity contribution in [2.75, 3.05) is 7.11 Å². The summed E-state index contributed by atoms with van der Waals surface area (Å²) in [5.41, 5.74) is 2.64. The smallest absolute Gasteiger partial charge is 0.307 e. The lowest BCUT2D eigenvalue weighted by Gasteiger charge is -2.05. The van der Waals surface area contributed by atoms with Gasteiger partial charge in [-0.15, -0.1) is 0 Å². The monoisotopic (exact) mass is 355 g/mol. The molecule has 0 fully saturated rings. The molecule has 1 aromatic carbocycles. The predicted molar refractivity (Wildman–Crippen MR) is 91.1 cm³/mol. The Bertz CT molecular complexity index is 959. The fourth-order valence-electron chi connectivity index (χ4n) is 2.19. The van der Waals surface area contributed by atoms with Gasteiger partial charge in [0.1, 0.15) is 17.3 Å². The molecule has 1 amide bonds. The van der Waals surface area contributed by atoms with Crippen molar-refractivity contribution in [3.63, 3.8) is 0 Å². The first-order valence-electron chi connectivity index (χ1n) is 7.38. The number of amides is 1. The van der Waals surface area contributed by atoms with Gasteiger partial charge in [-0.2, -0.15) is 5.10 Å². The van der Waals surface area contributed by atoms with E-state index in [-0.39, 0.29) is 11.4 Å². The Morgan fingerprint density at radius 1 is 1.31 bits per heavy atom. The minimum absolute atomic E-state index is 0.0851. The second kappa shape index (κ2) is 7.34. The Kier molecular flexibility index (Phi) is 4.79. The topological polar surface area (TPSA) is 120 Å². The fraction of sp³-hybridized carbons (Fsp3) is 0.0588. The van der Waals surface area contributed by atoms with Gasteiger partial charge in [-0.05, 0) is 30.3 Å². The molecule has 0 saturated carbocycles. The molecule has 3 aromatic rings. The average Bonchev–Trinajstić information content (AvgIpc) is 3.33. The zero-order valence-corrected chi connectivity index (χ0v) is 13.5. The first kappa shape index (κ1) is 17.0. The summed E-state index contributed by atoms with van der Waals surface area (Å²) in [5.74, 6) is 0.763. The molecule has 0 aliphatic carbocycles. The zero-order valence-electron chi connectivity index (χ0n) is 13.5. The molecule has 2 heterocycles. The highest BCUT2D eigenvalue weighted by molar-refractivity contribution is 5.92. The van der Waals surface area contributed by atoms with Crippen molar-refractivity contribution in [2.24, 2.45) is 5.10 Å². The van der Waals surface area contributed by atoms with Crippen LogP contribution in [-0.2, 0) is 0 Å². The lowest BCUT2D eigenvalue weighted by molar-refractivity contribution is -0.384. The molecule has 26 heavy (non-hydrogen) atoms. The number of ether oxygens (including phenoxy) is 1. The van der Waals surface area contributed by atoms with Crippen LogP contribution >= 0.6 is 0 Å². The number of nitro benzene ring substituents is 1. The van der Waals surface area contributed by atoms with E-state index in [1.54, 1.807) is 18.2 Å². The number of nitro groups is 1. The Morgan fingerprint density at radius 2 is 2.15 bits per heavy atom. The number of methoxy groups -OCH3 is 1. The van der Waals surface area contributed by atoms with Gasteiger partial charge in [0, 0.05) is 12.1 Å². The maximum atomic E-state index is 11.7. The van der Waals surface area contributed by atoms with Gasteiger partial charge in [0.05, 0.1) is 30.1 Å². The number of nitrogens with zero attached hydrogens (tertiary/aromatic N) is 2. The maximum absolute atomic E-state index is 11.7. The highest BCUT2D eigenvalue weighted by atomic mass is 16.6. The molecule has 2 aromatic heterocycles. The van der Waals surface area contributed by atoms with Crippen molar-refractivity contribution in [2.45, 2.75) is 0 Å². The minimum atomic E-state index is -0.502. The summed E-state index contributed by atoms with van der Waals surface area (Å²) in [6.07, 6.45) is 2.68. The summed E-state index contributed by atoms with van der Waals surface area (Å²) in [5, 5.41) is 14.7. The number of rotatable bonds is 6. The van der Waals surface area contributed by atoms with Crippen molar-refractivity contribution in [3.8, 4) is 17.1 Å². The average molecular weight is 355 g/mol. The van der Waals surface area contributed by atoms with Crippen molar-refractivity contribution >= 4 is 17.8 Å². The molecular weight excluding hydrogens is 342 g/mol. The summed E-state index contributed by atoms with van der Waals surface area (Å²) >= 11 is 0. The summed E-state index contributed by atoms with van der Waals surface area (Å²) in [6, 6.07) is 10.5. The third kappa shape index (κ3) is 3.61. The number of non-ortho nitro benzene ring substituents is 1. The second-order valence-electron chi connectivity index (χ2n) is 5.02. The molecule has 0 aliphatic rings.